The van der Waals surface area contributed by atoms with E-state index in [4.69, 9.17) is 0 Å². The number of rotatable bonds is 5. The molecule has 1 unspecified atom stereocenters. The van der Waals surface area contributed by atoms with Gasteiger partial charge in [0.15, 0.2) is 9.84 Å². The number of nitrogens with zero attached hydrogens (tertiary/aromatic N) is 1. The molecule has 0 bridgehead atoms. The van der Waals surface area contributed by atoms with Crippen molar-refractivity contribution in [3.8, 4) is 0 Å². The van der Waals surface area contributed by atoms with Crippen LogP contribution in [0, 0.1) is 11.3 Å². The van der Waals surface area contributed by atoms with Gasteiger partial charge in [0.1, 0.15) is 0 Å². The first-order valence-electron chi connectivity index (χ1n) is 7.53. The minimum absolute atomic E-state index is 0.303. The highest BCUT2D eigenvalue weighted by molar-refractivity contribution is 7.91. The average Bonchev–Trinajstić information content (AvgIpc) is 2.76. The Morgan fingerprint density at radius 1 is 1.35 bits per heavy atom. The van der Waals surface area contributed by atoms with E-state index in [1.54, 1.807) is 0 Å². The first-order valence-corrected chi connectivity index (χ1v) is 9.35. The lowest BCUT2D eigenvalue weighted by atomic mass is 9.76. The Morgan fingerprint density at radius 2 is 2.00 bits per heavy atom. The van der Waals surface area contributed by atoms with E-state index < -0.39 is 21.2 Å². The summed E-state index contributed by atoms with van der Waals surface area (Å²) in [6.07, 6.45) is 3.83. The number of carboxylic acid groups (broad SMARTS) is 1. The first kappa shape index (κ1) is 15.8. The van der Waals surface area contributed by atoms with Crippen molar-refractivity contribution in [2.75, 3.05) is 31.1 Å². The van der Waals surface area contributed by atoms with Crippen LogP contribution in [0.2, 0.25) is 0 Å². The Labute approximate surface area is 121 Å². The lowest BCUT2D eigenvalue weighted by molar-refractivity contribution is -0.152. The Morgan fingerprint density at radius 3 is 2.45 bits per heavy atom. The van der Waals surface area contributed by atoms with Crippen molar-refractivity contribution in [3.05, 3.63) is 0 Å². The highest BCUT2D eigenvalue weighted by Gasteiger charge is 2.39. The van der Waals surface area contributed by atoms with Crippen LogP contribution in [0.4, 0.5) is 0 Å². The molecule has 1 N–H and O–H groups in total. The number of carbonyl (C=O) groups is 1. The third-order valence-corrected chi connectivity index (χ3v) is 6.96. The maximum atomic E-state index is 11.4. The van der Waals surface area contributed by atoms with E-state index in [0.29, 0.717) is 36.7 Å². The molecule has 0 radical (unpaired) electrons. The number of aliphatic carboxylic acids is 1. The van der Waals surface area contributed by atoms with Crippen molar-refractivity contribution < 1.29 is 18.3 Å². The molecule has 2 rings (SSSR count). The number of hydrogen-bond donors (Lipinski definition) is 1. The fourth-order valence-electron chi connectivity index (χ4n) is 3.39. The Hall–Kier alpha value is -0.620. The summed E-state index contributed by atoms with van der Waals surface area (Å²) in [6.45, 7) is 4.49. The van der Waals surface area contributed by atoms with Crippen molar-refractivity contribution in [3.63, 3.8) is 0 Å². The lowest BCUT2D eigenvalue weighted by Gasteiger charge is -2.38. The van der Waals surface area contributed by atoms with Gasteiger partial charge in [-0.3, -0.25) is 4.79 Å². The van der Waals surface area contributed by atoms with Crippen molar-refractivity contribution in [1.29, 1.82) is 0 Å². The van der Waals surface area contributed by atoms with Gasteiger partial charge in [0.25, 0.3) is 0 Å². The maximum Gasteiger partial charge on any atom is 0.309 e. The second kappa shape index (κ2) is 6.02. The van der Waals surface area contributed by atoms with Crippen LogP contribution in [0.5, 0.6) is 0 Å². The third kappa shape index (κ3) is 3.52. The third-order valence-electron chi connectivity index (χ3n) is 5.12. The van der Waals surface area contributed by atoms with Crippen LogP contribution in [-0.4, -0.2) is 55.5 Å². The lowest BCUT2D eigenvalue weighted by Crippen LogP contribution is -2.44. The number of hydrogen-bond acceptors (Lipinski definition) is 4. The minimum atomic E-state index is -2.78. The van der Waals surface area contributed by atoms with Gasteiger partial charge in [-0.25, -0.2) is 8.42 Å². The zero-order valence-corrected chi connectivity index (χ0v) is 13.0. The van der Waals surface area contributed by atoms with Gasteiger partial charge in [0.05, 0.1) is 16.9 Å². The van der Waals surface area contributed by atoms with Gasteiger partial charge in [0, 0.05) is 0 Å². The summed E-state index contributed by atoms with van der Waals surface area (Å²) in [5, 5.41) is 9.35. The van der Waals surface area contributed by atoms with E-state index in [1.165, 1.54) is 0 Å². The van der Waals surface area contributed by atoms with Crippen LogP contribution in [0.15, 0.2) is 0 Å². The van der Waals surface area contributed by atoms with Gasteiger partial charge in [-0.2, -0.15) is 0 Å². The van der Waals surface area contributed by atoms with Gasteiger partial charge in [0.2, 0.25) is 0 Å². The molecule has 0 spiro atoms. The van der Waals surface area contributed by atoms with Crippen LogP contribution in [0.25, 0.3) is 0 Å². The molecule has 0 saturated carbocycles. The average molecular weight is 303 g/mol. The molecule has 2 saturated heterocycles. The molecule has 0 amide bonds. The van der Waals surface area contributed by atoms with E-state index in [-0.39, 0.29) is 0 Å². The predicted octanol–water partition coefficient (Wildman–Crippen LogP) is 1.39. The van der Waals surface area contributed by atoms with Crippen LogP contribution in [-0.2, 0) is 14.6 Å². The normalized spacial score (nSPS) is 29.4. The van der Waals surface area contributed by atoms with Crippen LogP contribution >= 0.6 is 0 Å². The van der Waals surface area contributed by atoms with E-state index >= 15 is 0 Å². The largest absolute Gasteiger partial charge is 0.481 e. The van der Waals surface area contributed by atoms with E-state index in [0.717, 1.165) is 32.5 Å². The summed E-state index contributed by atoms with van der Waals surface area (Å²) >= 11 is 0. The quantitative estimate of drug-likeness (QED) is 0.830. The van der Waals surface area contributed by atoms with Crippen molar-refractivity contribution in [1.82, 2.24) is 4.90 Å². The summed E-state index contributed by atoms with van der Waals surface area (Å²) in [5.41, 5.74) is -0.535. The van der Waals surface area contributed by atoms with Crippen LogP contribution in [0.1, 0.15) is 39.0 Å². The van der Waals surface area contributed by atoms with Crippen LogP contribution < -0.4 is 0 Å². The summed E-state index contributed by atoms with van der Waals surface area (Å²) in [5.74, 6) is 0.323. The second-order valence-electron chi connectivity index (χ2n) is 6.34. The molecule has 1 atom stereocenters. The van der Waals surface area contributed by atoms with Gasteiger partial charge in [-0.05, 0) is 57.7 Å². The number of sulfone groups is 1. The molecule has 0 aliphatic carbocycles. The zero-order chi connectivity index (χ0) is 14.8. The number of likely N-dealkylation sites (tertiary alicyclic amines) is 1. The molecule has 0 aromatic carbocycles. The van der Waals surface area contributed by atoms with E-state index in [9.17, 15) is 18.3 Å². The summed E-state index contributed by atoms with van der Waals surface area (Å²) in [7, 11) is -2.78. The summed E-state index contributed by atoms with van der Waals surface area (Å²) < 4.78 is 22.8. The Kier molecular flexibility index (Phi) is 4.74. The molecule has 116 valence electrons. The predicted molar refractivity (Wildman–Crippen MR) is 77.4 cm³/mol. The second-order valence-corrected chi connectivity index (χ2v) is 8.57. The molecule has 20 heavy (non-hydrogen) atoms. The van der Waals surface area contributed by atoms with Gasteiger partial charge < -0.3 is 10.0 Å². The Balaban J connectivity index is 1.76. The molecule has 2 aliphatic rings. The van der Waals surface area contributed by atoms with Gasteiger partial charge >= 0.3 is 5.97 Å². The number of piperidine rings is 1. The van der Waals surface area contributed by atoms with E-state index in [2.05, 4.69) is 4.90 Å². The summed E-state index contributed by atoms with van der Waals surface area (Å²) in [4.78, 5) is 13.7. The molecular formula is C14H25NO4S. The van der Waals surface area contributed by atoms with Gasteiger partial charge in [-0.15, -0.1) is 0 Å². The minimum Gasteiger partial charge on any atom is -0.481 e. The van der Waals surface area contributed by atoms with Crippen molar-refractivity contribution in [2.45, 2.75) is 39.0 Å². The molecule has 0 aromatic rings. The fraction of sp³-hybridized carbons (Fsp3) is 0.929. The van der Waals surface area contributed by atoms with E-state index in [1.807, 2.05) is 6.92 Å². The zero-order valence-electron chi connectivity index (χ0n) is 12.2. The molecule has 2 fully saturated rings. The Bertz CT molecular complexity index is 452. The SMILES string of the molecule is CCC1(C(=O)O)CCN(CCC2CCS(=O)(=O)C2)CC1. The molecule has 5 nitrogen and oxygen atoms in total. The standard InChI is InChI=1S/C14H25NO4S/c1-2-14(13(16)17)5-8-15(9-6-14)7-3-12-4-10-20(18,19)11-12/h12H,2-11H2,1H3,(H,16,17). The highest BCUT2D eigenvalue weighted by atomic mass is 32.2. The van der Waals surface area contributed by atoms with Crippen molar-refractivity contribution >= 4 is 15.8 Å². The van der Waals surface area contributed by atoms with Crippen molar-refractivity contribution in [2.24, 2.45) is 11.3 Å². The molecule has 2 heterocycles. The molecular weight excluding hydrogens is 278 g/mol. The first-order chi connectivity index (χ1) is 9.37. The topological polar surface area (TPSA) is 74.7 Å². The molecule has 2 aliphatic heterocycles. The van der Waals surface area contributed by atoms with Gasteiger partial charge in [-0.1, -0.05) is 6.92 Å². The van der Waals surface area contributed by atoms with Crippen LogP contribution in [0.3, 0.4) is 0 Å². The smallest absolute Gasteiger partial charge is 0.309 e. The molecule has 6 heteroatoms. The maximum absolute atomic E-state index is 11.4. The summed E-state index contributed by atoms with van der Waals surface area (Å²) in [6, 6.07) is 0. The number of carboxylic acids is 1. The highest BCUT2D eigenvalue weighted by Crippen LogP contribution is 2.35. The monoisotopic (exact) mass is 303 g/mol. The molecule has 0 aromatic heterocycles. The fourth-order valence-corrected chi connectivity index (χ4v) is 5.30.